The molecule has 3 heterocycles. The monoisotopic (exact) mass is 640 g/mol. The van der Waals surface area contributed by atoms with Crippen LogP contribution in [0.3, 0.4) is 0 Å². The highest BCUT2D eigenvalue weighted by molar-refractivity contribution is 6.10. The second-order valence-electron chi connectivity index (χ2n) is 13.8. The van der Waals surface area contributed by atoms with Crippen LogP contribution in [0.5, 0.6) is 0 Å². The van der Waals surface area contributed by atoms with Crippen LogP contribution in [0.1, 0.15) is 28.3 Å². The molecule has 236 valence electrons. The van der Waals surface area contributed by atoms with Gasteiger partial charge in [-0.05, 0) is 74.4 Å². The van der Waals surface area contributed by atoms with Gasteiger partial charge in [-0.1, -0.05) is 133 Å². The van der Waals surface area contributed by atoms with E-state index in [4.69, 9.17) is 9.41 Å². The predicted octanol–water partition coefficient (Wildman–Crippen LogP) is 11.1. The summed E-state index contributed by atoms with van der Waals surface area (Å²) in [6.07, 6.45) is 11.2. The summed E-state index contributed by atoms with van der Waals surface area (Å²) in [5.74, 6) is 0.152. The van der Waals surface area contributed by atoms with E-state index in [1.165, 1.54) is 55.8 Å². The first-order valence-corrected chi connectivity index (χ1v) is 17.5. The minimum atomic E-state index is -0.392. The fourth-order valence-corrected chi connectivity index (χ4v) is 9.37. The van der Waals surface area contributed by atoms with Crippen molar-refractivity contribution in [3.05, 3.63) is 186 Å². The summed E-state index contributed by atoms with van der Waals surface area (Å²) in [6.45, 7) is 0.824. The van der Waals surface area contributed by atoms with E-state index in [2.05, 4.69) is 157 Å². The van der Waals surface area contributed by atoms with Crippen molar-refractivity contribution < 1.29 is 4.42 Å². The SMILES string of the molecule is C1=CC2C(N=C1)c1ccc(-c3ccccc3-c3cccc4c3oc3ccccc34)cc1C21C2=C(NCC=C2)c2ccc(-c3ccccc3)cc21. The molecule has 2 aliphatic heterocycles. The zero-order valence-electron chi connectivity index (χ0n) is 27.3. The summed E-state index contributed by atoms with van der Waals surface area (Å²) in [5.41, 5.74) is 16.5. The number of furan rings is 1. The Morgan fingerprint density at radius 1 is 0.640 bits per heavy atom. The van der Waals surface area contributed by atoms with Crippen LogP contribution in [-0.2, 0) is 5.41 Å². The molecule has 0 amide bonds. The highest BCUT2D eigenvalue weighted by Crippen LogP contribution is 2.65. The first-order chi connectivity index (χ1) is 24.8. The van der Waals surface area contributed by atoms with Gasteiger partial charge < -0.3 is 9.73 Å². The molecule has 0 radical (unpaired) electrons. The lowest BCUT2D eigenvalue weighted by Gasteiger charge is -2.37. The highest BCUT2D eigenvalue weighted by Gasteiger charge is 2.58. The van der Waals surface area contributed by atoms with Crippen LogP contribution in [0.25, 0.3) is 61.0 Å². The van der Waals surface area contributed by atoms with Crippen LogP contribution < -0.4 is 5.32 Å². The Morgan fingerprint density at radius 2 is 1.42 bits per heavy atom. The van der Waals surface area contributed by atoms with Gasteiger partial charge >= 0.3 is 0 Å². The summed E-state index contributed by atoms with van der Waals surface area (Å²) in [7, 11) is 0. The number of aliphatic imine (C=N–C) groups is 1. The second kappa shape index (κ2) is 10.4. The standard InChI is InChI=1S/C47H32N2O/c1-2-11-29(12-3-1)30-21-23-37-41(27-30)47(39-18-9-25-48-44(37)39)40-19-10-26-49-45(40)38-24-22-31(28-42(38)47)32-13-4-5-14-33(32)35-16-8-17-36-34-15-6-7-20-43(34)50-46(35)36/h1-24,26-28,40,45,48H,25H2. The van der Waals surface area contributed by atoms with Crippen LogP contribution >= 0.6 is 0 Å². The second-order valence-corrected chi connectivity index (χ2v) is 13.8. The molecule has 0 saturated heterocycles. The molecule has 1 spiro atoms. The summed E-state index contributed by atoms with van der Waals surface area (Å²) in [5, 5.41) is 6.08. The summed E-state index contributed by atoms with van der Waals surface area (Å²) in [4.78, 5) is 5.17. The van der Waals surface area contributed by atoms with Crippen molar-refractivity contribution >= 4 is 33.9 Å². The van der Waals surface area contributed by atoms with E-state index in [1.807, 2.05) is 12.3 Å². The minimum Gasteiger partial charge on any atom is -0.455 e. The molecule has 4 aliphatic rings. The lowest BCUT2D eigenvalue weighted by atomic mass is 9.65. The Labute approximate surface area is 290 Å². The van der Waals surface area contributed by atoms with Crippen molar-refractivity contribution in [2.24, 2.45) is 10.9 Å². The number of allylic oxidation sites excluding steroid dienone is 3. The molecule has 6 aromatic carbocycles. The van der Waals surface area contributed by atoms with Gasteiger partial charge in [0.1, 0.15) is 11.2 Å². The van der Waals surface area contributed by atoms with Gasteiger partial charge in [-0.2, -0.15) is 0 Å². The number of dihydropyridines is 2. The van der Waals surface area contributed by atoms with Gasteiger partial charge in [0, 0.05) is 46.3 Å². The van der Waals surface area contributed by atoms with Gasteiger partial charge in [-0.15, -0.1) is 0 Å². The average molecular weight is 641 g/mol. The lowest BCUT2D eigenvalue weighted by Crippen LogP contribution is -2.34. The van der Waals surface area contributed by atoms with Gasteiger partial charge in [-0.3, -0.25) is 4.99 Å². The summed E-state index contributed by atoms with van der Waals surface area (Å²) in [6, 6.07) is 48.6. The van der Waals surface area contributed by atoms with Gasteiger partial charge in [0.05, 0.1) is 11.5 Å². The van der Waals surface area contributed by atoms with E-state index in [-0.39, 0.29) is 12.0 Å². The fraction of sp³-hybridized carbons (Fsp3) is 0.0851. The summed E-state index contributed by atoms with van der Waals surface area (Å²) < 4.78 is 6.54. The third-order valence-corrected chi connectivity index (χ3v) is 11.4. The summed E-state index contributed by atoms with van der Waals surface area (Å²) >= 11 is 0. The molecule has 11 rings (SSSR count). The number of benzene rings is 6. The fourth-order valence-electron chi connectivity index (χ4n) is 9.37. The van der Waals surface area contributed by atoms with E-state index in [0.717, 1.165) is 39.6 Å². The molecular weight excluding hydrogens is 609 g/mol. The molecule has 3 unspecified atom stereocenters. The molecule has 50 heavy (non-hydrogen) atoms. The van der Waals surface area contributed by atoms with Crippen LogP contribution in [-0.4, -0.2) is 12.8 Å². The zero-order chi connectivity index (χ0) is 32.8. The molecule has 0 bridgehead atoms. The first kappa shape index (κ1) is 27.7. The minimum absolute atomic E-state index is 0.0407. The first-order valence-electron chi connectivity index (χ1n) is 17.5. The van der Waals surface area contributed by atoms with Crippen molar-refractivity contribution in [2.75, 3.05) is 6.54 Å². The maximum atomic E-state index is 6.54. The molecule has 2 aliphatic carbocycles. The Balaban J connectivity index is 1.16. The Hall–Kier alpha value is -6.19. The number of para-hydroxylation sites is 2. The van der Waals surface area contributed by atoms with E-state index in [0.29, 0.717) is 0 Å². The Morgan fingerprint density at radius 3 is 2.36 bits per heavy atom. The number of hydrogen-bond acceptors (Lipinski definition) is 3. The Kier molecular flexibility index (Phi) is 5.77. The molecule has 7 aromatic rings. The molecule has 3 heteroatoms. The van der Waals surface area contributed by atoms with Crippen LogP contribution in [0, 0.1) is 5.92 Å². The number of rotatable bonds is 3. The van der Waals surface area contributed by atoms with Crippen LogP contribution in [0.4, 0.5) is 0 Å². The molecule has 3 atom stereocenters. The molecule has 3 nitrogen and oxygen atoms in total. The zero-order valence-corrected chi connectivity index (χ0v) is 27.3. The maximum Gasteiger partial charge on any atom is 0.143 e. The normalized spacial score (nSPS) is 21.0. The lowest BCUT2D eigenvalue weighted by molar-refractivity contribution is 0.432. The van der Waals surface area contributed by atoms with E-state index >= 15 is 0 Å². The van der Waals surface area contributed by atoms with E-state index in [1.54, 1.807) is 0 Å². The van der Waals surface area contributed by atoms with Crippen molar-refractivity contribution in [1.29, 1.82) is 0 Å². The number of nitrogens with one attached hydrogen (secondary N) is 1. The Bertz CT molecular complexity index is 2670. The molecule has 0 saturated carbocycles. The number of fused-ring (bicyclic) bond motifs is 12. The van der Waals surface area contributed by atoms with Crippen molar-refractivity contribution in [3.63, 3.8) is 0 Å². The quantitative estimate of drug-likeness (QED) is 0.209. The van der Waals surface area contributed by atoms with Crippen LogP contribution in [0.15, 0.2) is 173 Å². The van der Waals surface area contributed by atoms with Gasteiger partial charge in [0.2, 0.25) is 0 Å². The van der Waals surface area contributed by atoms with Gasteiger partial charge in [0.25, 0.3) is 0 Å². The maximum absolute atomic E-state index is 6.54. The molecule has 0 fully saturated rings. The largest absolute Gasteiger partial charge is 0.455 e. The number of nitrogens with zero attached hydrogens (tertiary/aromatic N) is 1. The van der Waals surface area contributed by atoms with Gasteiger partial charge in [0.15, 0.2) is 0 Å². The topological polar surface area (TPSA) is 37.5 Å². The van der Waals surface area contributed by atoms with Crippen molar-refractivity contribution in [1.82, 2.24) is 5.32 Å². The van der Waals surface area contributed by atoms with E-state index in [9.17, 15) is 0 Å². The molecule has 1 N–H and O–H groups in total. The average Bonchev–Trinajstić information content (AvgIpc) is 3.82. The third-order valence-electron chi connectivity index (χ3n) is 11.4. The van der Waals surface area contributed by atoms with Crippen molar-refractivity contribution in [2.45, 2.75) is 11.5 Å². The molecular formula is C47H32N2O. The third kappa shape index (κ3) is 3.67. The highest BCUT2D eigenvalue weighted by atomic mass is 16.3. The smallest absolute Gasteiger partial charge is 0.143 e. The molecule has 1 aromatic heterocycles. The van der Waals surface area contributed by atoms with Crippen molar-refractivity contribution in [3.8, 4) is 33.4 Å². The van der Waals surface area contributed by atoms with Crippen LogP contribution in [0.2, 0.25) is 0 Å². The van der Waals surface area contributed by atoms with E-state index < -0.39 is 5.41 Å². The number of hydrogen-bond donors (Lipinski definition) is 1. The predicted molar refractivity (Wildman–Crippen MR) is 205 cm³/mol. The van der Waals surface area contributed by atoms with Gasteiger partial charge in [-0.25, -0.2) is 0 Å².